The molecule has 2 aromatic carbocycles. The lowest BCUT2D eigenvalue weighted by molar-refractivity contribution is -0.144. The molecule has 222 valence electrons. The van der Waals surface area contributed by atoms with Crippen molar-refractivity contribution in [2.75, 3.05) is 0 Å². The van der Waals surface area contributed by atoms with E-state index in [9.17, 15) is 19.2 Å². The Labute approximate surface area is 250 Å². The Morgan fingerprint density at radius 2 is 1.24 bits per heavy atom. The van der Waals surface area contributed by atoms with Crippen LogP contribution in [0.5, 0.6) is 0 Å². The second-order valence-corrected chi connectivity index (χ2v) is 11.8. The Morgan fingerprint density at radius 3 is 1.74 bits per heavy atom. The molecule has 4 rings (SSSR count). The number of hydrogen-bond donors (Lipinski definition) is 0. The van der Waals surface area contributed by atoms with Crippen LogP contribution >= 0.6 is 11.3 Å². The quantitative estimate of drug-likeness (QED) is 0.0810. The second-order valence-electron chi connectivity index (χ2n) is 10.7. The van der Waals surface area contributed by atoms with Gasteiger partial charge in [-0.25, -0.2) is 9.59 Å². The van der Waals surface area contributed by atoms with Crippen molar-refractivity contribution in [3.05, 3.63) is 47.5 Å². The zero-order valence-corrected chi connectivity index (χ0v) is 25.4. The Balaban J connectivity index is 1.63. The SMILES string of the molecule is CCCC(=O)O/N=C(\CC)C(=O)c1ccc2sc3ccc(C(=O)/C(CCC4CCCC4)=N/OC(=O)CCC)cc3c2c1. The van der Waals surface area contributed by atoms with Crippen molar-refractivity contribution in [1.82, 2.24) is 0 Å². The van der Waals surface area contributed by atoms with Crippen molar-refractivity contribution in [2.24, 2.45) is 16.2 Å². The maximum absolute atomic E-state index is 13.7. The van der Waals surface area contributed by atoms with Gasteiger partial charge in [0.05, 0.1) is 0 Å². The van der Waals surface area contributed by atoms with Crippen LogP contribution in [0.1, 0.15) is 112 Å². The molecule has 1 saturated carbocycles. The first-order chi connectivity index (χ1) is 20.3. The number of nitrogens with zero attached hydrogens (tertiary/aromatic N) is 2. The van der Waals surface area contributed by atoms with Gasteiger partial charge in [0.15, 0.2) is 0 Å². The Morgan fingerprint density at radius 1 is 0.738 bits per heavy atom. The van der Waals surface area contributed by atoms with E-state index in [1.165, 1.54) is 12.8 Å². The third-order valence-corrected chi connectivity index (χ3v) is 8.69. The van der Waals surface area contributed by atoms with Crippen LogP contribution in [0.25, 0.3) is 20.2 Å². The number of rotatable bonds is 14. The number of fused-ring (bicyclic) bond motifs is 3. The molecule has 0 atom stereocenters. The number of benzene rings is 2. The van der Waals surface area contributed by atoms with Crippen LogP contribution in [0.3, 0.4) is 0 Å². The van der Waals surface area contributed by atoms with Crippen LogP contribution in [-0.2, 0) is 19.3 Å². The van der Waals surface area contributed by atoms with Crippen molar-refractivity contribution >= 4 is 66.4 Å². The number of carbonyl (C=O) groups is 4. The molecule has 0 amide bonds. The molecule has 0 N–H and O–H groups in total. The predicted molar refractivity (Wildman–Crippen MR) is 166 cm³/mol. The predicted octanol–water partition coefficient (Wildman–Crippen LogP) is 8.20. The highest BCUT2D eigenvalue weighted by atomic mass is 32.1. The van der Waals surface area contributed by atoms with Gasteiger partial charge in [0.2, 0.25) is 11.6 Å². The minimum absolute atomic E-state index is 0.162. The molecule has 1 fully saturated rings. The first-order valence-corrected chi connectivity index (χ1v) is 15.7. The summed E-state index contributed by atoms with van der Waals surface area (Å²) in [6, 6.07) is 10.9. The van der Waals surface area contributed by atoms with E-state index in [4.69, 9.17) is 9.68 Å². The fourth-order valence-corrected chi connectivity index (χ4v) is 6.28. The zero-order valence-electron chi connectivity index (χ0n) is 24.6. The first kappa shape index (κ1) is 31.2. The topological polar surface area (TPSA) is 111 Å². The maximum atomic E-state index is 13.7. The van der Waals surface area contributed by atoms with Crippen LogP contribution in [0.15, 0.2) is 46.7 Å². The third kappa shape index (κ3) is 7.76. The Hall–Kier alpha value is -3.72. The summed E-state index contributed by atoms with van der Waals surface area (Å²) in [5.74, 6) is -0.944. The summed E-state index contributed by atoms with van der Waals surface area (Å²) in [7, 11) is 0. The molecule has 0 unspecified atom stereocenters. The summed E-state index contributed by atoms with van der Waals surface area (Å²) in [6.45, 7) is 5.53. The normalized spacial score (nSPS) is 14.5. The summed E-state index contributed by atoms with van der Waals surface area (Å²) in [6.07, 6.45) is 8.06. The number of carbonyl (C=O) groups excluding carboxylic acids is 4. The summed E-state index contributed by atoms with van der Waals surface area (Å²) in [5.41, 5.74) is 1.29. The largest absolute Gasteiger partial charge is 0.335 e. The van der Waals surface area contributed by atoms with Gasteiger partial charge >= 0.3 is 11.9 Å². The number of oxime groups is 2. The molecule has 1 aromatic heterocycles. The molecule has 1 heterocycles. The Bertz CT molecular complexity index is 1530. The molecule has 1 aliphatic carbocycles. The molecular weight excluding hydrogens is 552 g/mol. The van der Waals surface area contributed by atoms with Crippen molar-refractivity contribution in [3.8, 4) is 0 Å². The lowest BCUT2D eigenvalue weighted by atomic mass is 9.95. The highest BCUT2D eigenvalue weighted by Crippen LogP contribution is 2.35. The fraction of sp³-hybridized carbons (Fsp3) is 0.455. The van der Waals surface area contributed by atoms with E-state index in [-0.39, 0.29) is 35.8 Å². The third-order valence-electron chi connectivity index (χ3n) is 7.54. The van der Waals surface area contributed by atoms with E-state index >= 15 is 0 Å². The molecule has 0 saturated heterocycles. The standard InChI is InChI=1S/C33H38N2O6S/c1-4-9-30(36)40-34-26(6-3)32(38)22-14-17-28-24(19-22)25-20-23(15-18-29(25)42-28)33(39)27(35-41-31(37)10-5-2)16-13-21-11-7-8-12-21/h14-15,17-21H,4-13,16H2,1-3H3/b34-26+,35-27+. The summed E-state index contributed by atoms with van der Waals surface area (Å²) < 4.78 is 1.95. The van der Waals surface area contributed by atoms with Gasteiger partial charge in [0.1, 0.15) is 11.4 Å². The van der Waals surface area contributed by atoms with Crippen molar-refractivity contribution in [3.63, 3.8) is 0 Å². The van der Waals surface area contributed by atoms with Gasteiger partial charge in [-0.1, -0.05) is 56.8 Å². The van der Waals surface area contributed by atoms with E-state index in [0.717, 1.165) is 39.4 Å². The minimum atomic E-state index is -0.473. The highest BCUT2D eigenvalue weighted by molar-refractivity contribution is 7.25. The average molecular weight is 591 g/mol. The van der Waals surface area contributed by atoms with Gasteiger partial charge in [-0.3, -0.25) is 9.59 Å². The minimum Gasteiger partial charge on any atom is -0.318 e. The van der Waals surface area contributed by atoms with E-state index in [0.29, 0.717) is 42.7 Å². The van der Waals surface area contributed by atoms with Gasteiger partial charge in [-0.2, -0.15) is 0 Å². The van der Waals surface area contributed by atoms with Gasteiger partial charge in [-0.05, 0) is 74.4 Å². The van der Waals surface area contributed by atoms with Crippen LogP contribution in [0.4, 0.5) is 0 Å². The van der Waals surface area contributed by atoms with Crippen molar-refractivity contribution < 1.29 is 28.9 Å². The molecule has 42 heavy (non-hydrogen) atoms. The lowest BCUT2D eigenvalue weighted by Crippen LogP contribution is -2.17. The van der Waals surface area contributed by atoms with Crippen molar-refractivity contribution in [1.29, 1.82) is 0 Å². The molecule has 0 aliphatic heterocycles. The van der Waals surface area contributed by atoms with Gasteiger partial charge in [0.25, 0.3) is 0 Å². The van der Waals surface area contributed by atoms with E-state index in [2.05, 4.69) is 10.3 Å². The van der Waals surface area contributed by atoms with Gasteiger partial charge < -0.3 is 9.68 Å². The monoisotopic (exact) mass is 590 g/mol. The van der Waals surface area contributed by atoms with E-state index in [1.54, 1.807) is 36.5 Å². The maximum Gasteiger partial charge on any atom is 0.335 e. The van der Waals surface area contributed by atoms with Crippen LogP contribution in [0.2, 0.25) is 0 Å². The van der Waals surface area contributed by atoms with Crippen LogP contribution in [-0.4, -0.2) is 34.9 Å². The number of hydrogen-bond acceptors (Lipinski definition) is 9. The molecule has 9 heteroatoms. The molecule has 8 nitrogen and oxygen atoms in total. The van der Waals surface area contributed by atoms with Crippen LogP contribution < -0.4 is 0 Å². The molecule has 1 aliphatic rings. The van der Waals surface area contributed by atoms with Gasteiger partial charge in [-0.15, -0.1) is 11.3 Å². The first-order valence-electron chi connectivity index (χ1n) is 14.9. The molecule has 0 bridgehead atoms. The summed E-state index contributed by atoms with van der Waals surface area (Å²) in [4.78, 5) is 60.7. The fourth-order valence-electron chi connectivity index (χ4n) is 5.21. The van der Waals surface area contributed by atoms with E-state index in [1.807, 2.05) is 32.0 Å². The summed E-state index contributed by atoms with van der Waals surface area (Å²) >= 11 is 1.57. The van der Waals surface area contributed by atoms with Crippen LogP contribution in [0, 0.1) is 5.92 Å². The lowest BCUT2D eigenvalue weighted by Gasteiger charge is -2.10. The number of ketones is 2. The molecule has 0 radical (unpaired) electrons. The zero-order chi connectivity index (χ0) is 30.1. The average Bonchev–Trinajstić information content (AvgIpc) is 3.64. The Kier molecular flexibility index (Phi) is 11.1. The molecule has 3 aromatic rings. The summed E-state index contributed by atoms with van der Waals surface area (Å²) in [5, 5.41) is 9.57. The van der Waals surface area contributed by atoms with Crippen molar-refractivity contribution in [2.45, 2.75) is 91.4 Å². The van der Waals surface area contributed by atoms with E-state index < -0.39 is 11.9 Å². The van der Waals surface area contributed by atoms with Gasteiger partial charge in [0, 0.05) is 44.1 Å². The number of thiophene rings is 1. The number of Topliss-reactive ketones (excluding diaryl/α,β-unsaturated/α-hetero) is 2. The smallest absolute Gasteiger partial charge is 0.318 e. The highest BCUT2D eigenvalue weighted by Gasteiger charge is 2.22. The molecule has 0 spiro atoms. The molecular formula is C33H38N2O6S. The second kappa shape index (κ2) is 15.0.